The van der Waals surface area contributed by atoms with Crippen LogP contribution in [0.5, 0.6) is 0 Å². The van der Waals surface area contributed by atoms with Crippen LogP contribution in [0.15, 0.2) is 54.6 Å². The Bertz CT molecular complexity index is 719. The zero-order valence-corrected chi connectivity index (χ0v) is 11.3. The number of carbonyl (C=O) groups is 1. The molecule has 1 unspecified atom stereocenters. The summed E-state index contributed by atoms with van der Waals surface area (Å²) >= 11 is 0. The number of benzene rings is 2. The highest BCUT2D eigenvalue weighted by Gasteiger charge is 2.14. The molecule has 106 valence electrons. The van der Waals surface area contributed by atoms with Crippen LogP contribution >= 0.6 is 0 Å². The predicted octanol–water partition coefficient (Wildman–Crippen LogP) is 2.63. The van der Waals surface area contributed by atoms with E-state index in [9.17, 15) is 9.90 Å². The molecule has 1 amide bonds. The number of hydrogen-bond donors (Lipinski definition) is 3. The Kier molecular flexibility index (Phi) is 3.66. The number of nitrogens with zero attached hydrogens (tertiary/aromatic N) is 1. The maximum absolute atomic E-state index is 11.9. The second kappa shape index (κ2) is 5.76. The summed E-state index contributed by atoms with van der Waals surface area (Å²) < 4.78 is 0. The van der Waals surface area contributed by atoms with Crippen molar-refractivity contribution in [2.24, 2.45) is 0 Å². The second-order valence-electron chi connectivity index (χ2n) is 4.78. The van der Waals surface area contributed by atoms with Crippen molar-refractivity contribution in [1.82, 2.24) is 9.97 Å². The Morgan fingerprint density at radius 3 is 2.62 bits per heavy atom. The molecular weight excluding hydrogens is 266 g/mol. The number of imidazole rings is 1. The van der Waals surface area contributed by atoms with E-state index in [0.29, 0.717) is 5.95 Å². The van der Waals surface area contributed by atoms with E-state index in [-0.39, 0.29) is 12.3 Å². The SMILES string of the molecule is O=C(CC(O)c1ccccc1)Nc1nc2ccccc2[nH]1. The van der Waals surface area contributed by atoms with Crippen molar-refractivity contribution in [3.63, 3.8) is 0 Å². The van der Waals surface area contributed by atoms with Crippen LogP contribution in [-0.2, 0) is 4.79 Å². The first-order valence-electron chi connectivity index (χ1n) is 6.70. The number of aromatic amines is 1. The summed E-state index contributed by atoms with van der Waals surface area (Å²) in [6, 6.07) is 16.6. The molecule has 0 aliphatic rings. The van der Waals surface area contributed by atoms with Crippen molar-refractivity contribution < 1.29 is 9.90 Å². The van der Waals surface area contributed by atoms with Gasteiger partial charge in [-0.3, -0.25) is 10.1 Å². The standard InChI is InChI=1S/C16H15N3O2/c20-14(11-6-2-1-3-7-11)10-15(21)19-16-17-12-8-4-5-9-13(12)18-16/h1-9,14,20H,10H2,(H2,17,18,19,21). The van der Waals surface area contributed by atoms with Crippen LogP contribution in [0, 0.1) is 0 Å². The van der Waals surface area contributed by atoms with Gasteiger partial charge in [0.1, 0.15) is 0 Å². The highest BCUT2D eigenvalue weighted by molar-refractivity contribution is 5.91. The molecule has 5 nitrogen and oxygen atoms in total. The van der Waals surface area contributed by atoms with Gasteiger partial charge >= 0.3 is 0 Å². The van der Waals surface area contributed by atoms with E-state index >= 15 is 0 Å². The van der Waals surface area contributed by atoms with Crippen molar-refractivity contribution in [2.45, 2.75) is 12.5 Å². The summed E-state index contributed by atoms with van der Waals surface area (Å²) in [4.78, 5) is 19.2. The predicted molar refractivity (Wildman–Crippen MR) is 80.7 cm³/mol. The Labute approximate surface area is 121 Å². The van der Waals surface area contributed by atoms with E-state index in [1.807, 2.05) is 42.5 Å². The number of amides is 1. The first-order valence-corrected chi connectivity index (χ1v) is 6.70. The van der Waals surface area contributed by atoms with Crippen molar-refractivity contribution in [3.8, 4) is 0 Å². The molecule has 21 heavy (non-hydrogen) atoms. The van der Waals surface area contributed by atoms with Crippen LogP contribution in [0.4, 0.5) is 5.95 Å². The lowest BCUT2D eigenvalue weighted by Gasteiger charge is -2.09. The van der Waals surface area contributed by atoms with Crippen molar-refractivity contribution in [1.29, 1.82) is 0 Å². The molecule has 0 saturated heterocycles. The molecule has 1 aromatic heterocycles. The van der Waals surface area contributed by atoms with Crippen LogP contribution in [0.1, 0.15) is 18.1 Å². The molecule has 1 heterocycles. The number of carbonyl (C=O) groups excluding carboxylic acids is 1. The molecule has 0 aliphatic heterocycles. The van der Waals surface area contributed by atoms with Crippen molar-refractivity contribution in [2.75, 3.05) is 5.32 Å². The van der Waals surface area contributed by atoms with E-state index in [1.165, 1.54) is 0 Å². The molecule has 3 N–H and O–H groups in total. The lowest BCUT2D eigenvalue weighted by Crippen LogP contribution is -2.16. The molecule has 3 aromatic rings. The fourth-order valence-corrected chi connectivity index (χ4v) is 2.16. The smallest absolute Gasteiger partial charge is 0.229 e. The molecule has 2 aromatic carbocycles. The fourth-order valence-electron chi connectivity index (χ4n) is 2.16. The zero-order valence-electron chi connectivity index (χ0n) is 11.3. The van der Waals surface area contributed by atoms with Crippen LogP contribution in [0.2, 0.25) is 0 Å². The summed E-state index contributed by atoms with van der Waals surface area (Å²) in [7, 11) is 0. The van der Waals surface area contributed by atoms with E-state index < -0.39 is 6.10 Å². The Morgan fingerprint density at radius 1 is 1.14 bits per heavy atom. The molecule has 0 fully saturated rings. The van der Waals surface area contributed by atoms with Gasteiger partial charge in [-0.2, -0.15) is 0 Å². The van der Waals surface area contributed by atoms with Gasteiger partial charge in [-0.25, -0.2) is 4.98 Å². The van der Waals surface area contributed by atoms with E-state index in [4.69, 9.17) is 0 Å². The number of rotatable bonds is 4. The summed E-state index contributed by atoms with van der Waals surface area (Å²) in [5.41, 5.74) is 2.37. The number of nitrogens with one attached hydrogen (secondary N) is 2. The molecule has 0 aliphatic carbocycles. The largest absolute Gasteiger partial charge is 0.388 e. The Morgan fingerprint density at radius 2 is 1.86 bits per heavy atom. The van der Waals surface area contributed by atoms with Gasteiger partial charge in [0.15, 0.2) is 0 Å². The molecule has 3 rings (SSSR count). The number of anilines is 1. The van der Waals surface area contributed by atoms with Gasteiger partial charge in [-0.1, -0.05) is 42.5 Å². The highest BCUT2D eigenvalue weighted by Crippen LogP contribution is 2.18. The van der Waals surface area contributed by atoms with Crippen LogP contribution in [0.25, 0.3) is 11.0 Å². The van der Waals surface area contributed by atoms with E-state index in [1.54, 1.807) is 12.1 Å². The van der Waals surface area contributed by atoms with Crippen molar-refractivity contribution in [3.05, 3.63) is 60.2 Å². The summed E-state index contributed by atoms with van der Waals surface area (Å²) in [6.45, 7) is 0. The number of hydrogen-bond acceptors (Lipinski definition) is 3. The Balaban J connectivity index is 1.66. The molecular formula is C16H15N3O2. The molecule has 0 spiro atoms. The van der Waals surface area contributed by atoms with Gasteiger partial charge in [-0.05, 0) is 17.7 Å². The number of aliphatic hydroxyl groups excluding tert-OH is 1. The monoisotopic (exact) mass is 281 g/mol. The maximum Gasteiger partial charge on any atom is 0.229 e. The number of para-hydroxylation sites is 2. The molecule has 0 bridgehead atoms. The van der Waals surface area contributed by atoms with Gasteiger partial charge in [0.25, 0.3) is 0 Å². The van der Waals surface area contributed by atoms with Crippen molar-refractivity contribution >= 4 is 22.9 Å². The molecule has 5 heteroatoms. The third-order valence-electron chi connectivity index (χ3n) is 3.21. The second-order valence-corrected chi connectivity index (χ2v) is 4.78. The lowest BCUT2D eigenvalue weighted by molar-refractivity contribution is -0.118. The van der Waals surface area contributed by atoms with E-state index in [2.05, 4.69) is 15.3 Å². The van der Waals surface area contributed by atoms with Gasteiger partial charge in [0, 0.05) is 0 Å². The summed E-state index contributed by atoms with van der Waals surface area (Å²) in [5, 5.41) is 12.7. The number of aliphatic hydroxyl groups is 1. The van der Waals surface area contributed by atoms with Crippen LogP contribution in [-0.4, -0.2) is 21.0 Å². The van der Waals surface area contributed by atoms with Crippen LogP contribution < -0.4 is 5.32 Å². The molecule has 0 radical (unpaired) electrons. The average molecular weight is 281 g/mol. The first kappa shape index (κ1) is 13.3. The quantitative estimate of drug-likeness (QED) is 0.688. The minimum Gasteiger partial charge on any atom is -0.388 e. The van der Waals surface area contributed by atoms with Gasteiger partial charge in [0.2, 0.25) is 11.9 Å². The normalized spacial score (nSPS) is 12.2. The Hall–Kier alpha value is -2.66. The minimum atomic E-state index is -0.824. The molecule has 1 atom stereocenters. The number of H-pyrrole nitrogens is 1. The topological polar surface area (TPSA) is 78.0 Å². The zero-order chi connectivity index (χ0) is 14.7. The first-order chi connectivity index (χ1) is 10.2. The summed E-state index contributed by atoms with van der Waals surface area (Å²) in [5.74, 6) is 0.104. The maximum atomic E-state index is 11.9. The van der Waals surface area contributed by atoms with Gasteiger partial charge in [-0.15, -0.1) is 0 Å². The minimum absolute atomic E-state index is 0.0128. The summed E-state index contributed by atoms with van der Waals surface area (Å²) in [6.07, 6.45) is -0.836. The van der Waals surface area contributed by atoms with Gasteiger partial charge in [0.05, 0.1) is 23.6 Å². The third-order valence-corrected chi connectivity index (χ3v) is 3.21. The highest BCUT2D eigenvalue weighted by atomic mass is 16.3. The average Bonchev–Trinajstić information content (AvgIpc) is 2.90. The van der Waals surface area contributed by atoms with Crippen LogP contribution in [0.3, 0.4) is 0 Å². The lowest BCUT2D eigenvalue weighted by atomic mass is 10.1. The number of aromatic nitrogens is 2. The third kappa shape index (κ3) is 3.09. The van der Waals surface area contributed by atoms with E-state index in [0.717, 1.165) is 16.6 Å². The van der Waals surface area contributed by atoms with Gasteiger partial charge < -0.3 is 10.1 Å². The number of fused-ring (bicyclic) bond motifs is 1. The fraction of sp³-hybridized carbons (Fsp3) is 0.125. The molecule has 0 saturated carbocycles.